The van der Waals surface area contributed by atoms with Crippen LogP contribution in [0.25, 0.3) is 0 Å². The summed E-state index contributed by atoms with van der Waals surface area (Å²) >= 11 is 0. The number of carbonyl (C=O) groups is 1. The Bertz CT molecular complexity index is 985. The van der Waals surface area contributed by atoms with Crippen LogP contribution in [-0.2, 0) is 16.2 Å². The maximum atomic E-state index is 12.6. The van der Waals surface area contributed by atoms with Crippen LogP contribution in [0.2, 0.25) is 0 Å². The molecule has 2 N–H and O–H groups in total. The smallest absolute Gasteiger partial charge is 0.416 e. The minimum Gasteiger partial charge on any atom is -0.495 e. The minimum atomic E-state index is -4.50. The lowest BCUT2D eigenvalue weighted by molar-refractivity contribution is -0.137. The molecule has 1 amide bonds. The molecule has 10 heteroatoms. The third kappa shape index (κ3) is 4.63. The molecule has 0 aliphatic heterocycles. The van der Waals surface area contributed by atoms with Crippen LogP contribution in [0.1, 0.15) is 28.8 Å². The second kappa shape index (κ2) is 7.44. The Hall–Kier alpha value is -2.59. The first-order chi connectivity index (χ1) is 13.1. The minimum absolute atomic E-state index is 0.0144. The van der Waals surface area contributed by atoms with Crippen LogP contribution < -0.4 is 14.8 Å². The van der Waals surface area contributed by atoms with Crippen molar-refractivity contribution in [1.82, 2.24) is 4.72 Å². The summed E-state index contributed by atoms with van der Waals surface area (Å²) in [6.07, 6.45) is -2.96. The average molecular weight is 414 g/mol. The summed E-state index contributed by atoms with van der Waals surface area (Å²) in [7, 11) is -2.40. The molecule has 0 unspecified atom stereocenters. The van der Waals surface area contributed by atoms with Gasteiger partial charge in [-0.05, 0) is 55.3 Å². The molecule has 0 saturated heterocycles. The summed E-state index contributed by atoms with van der Waals surface area (Å²) in [4.78, 5) is 12.3. The maximum Gasteiger partial charge on any atom is 0.416 e. The molecule has 3 rings (SSSR count). The van der Waals surface area contributed by atoms with Crippen molar-refractivity contribution in [2.75, 3.05) is 12.4 Å². The van der Waals surface area contributed by atoms with Crippen LogP contribution in [0.15, 0.2) is 47.4 Å². The van der Waals surface area contributed by atoms with Gasteiger partial charge in [-0.3, -0.25) is 4.79 Å². The molecule has 0 radical (unpaired) electrons. The van der Waals surface area contributed by atoms with Gasteiger partial charge in [0.25, 0.3) is 5.91 Å². The summed E-state index contributed by atoms with van der Waals surface area (Å²) in [5, 5.41) is 2.48. The molecule has 0 bridgehead atoms. The first kappa shape index (κ1) is 20.2. The van der Waals surface area contributed by atoms with Crippen molar-refractivity contribution in [3.05, 3.63) is 53.6 Å². The highest BCUT2D eigenvalue weighted by Gasteiger charge is 2.30. The van der Waals surface area contributed by atoms with Gasteiger partial charge in [0.2, 0.25) is 10.0 Å². The van der Waals surface area contributed by atoms with Gasteiger partial charge >= 0.3 is 6.18 Å². The molecule has 1 aliphatic rings. The van der Waals surface area contributed by atoms with Crippen LogP contribution in [0.5, 0.6) is 5.75 Å². The average Bonchev–Trinajstić information content (AvgIpc) is 3.44. The molecule has 0 atom stereocenters. The van der Waals surface area contributed by atoms with E-state index in [-0.39, 0.29) is 27.9 Å². The first-order valence-corrected chi connectivity index (χ1v) is 9.77. The van der Waals surface area contributed by atoms with Gasteiger partial charge in [-0.2, -0.15) is 13.2 Å². The molecular weight excluding hydrogens is 397 g/mol. The van der Waals surface area contributed by atoms with E-state index in [4.69, 9.17) is 4.74 Å². The summed E-state index contributed by atoms with van der Waals surface area (Å²) in [6.45, 7) is 0. The lowest BCUT2D eigenvalue weighted by atomic mass is 10.1. The van der Waals surface area contributed by atoms with E-state index in [0.29, 0.717) is 0 Å². The van der Waals surface area contributed by atoms with Crippen molar-refractivity contribution in [2.45, 2.75) is 30.0 Å². The molecular formula is C18H17F3N2O4S. The third-order valence-corrected chi connectivity index (χ3v) is 5.62. The molecule has 28 heavy (non-hydrogen) atoms. The molecule has 0 spiro atoms. The molecule has 6 nitrogen and oxygen atoms in total. The molecule has 1 saturated carbocycles. The number of carbonyl (C=O) groups excluding carboxylic acids is 1. The van der Waals surface area contributed by atoms with E-state index >= 15 is 0 Å². The maximum absolute atomic E-state index is 12.6. The zero-order valence-corrected chi connectivity index (χ0v) is 15.5. The number of methoxy groups -OCH3 is 1. The van der Waals surface area contributed by atoms with Gasteiger partial charge in [0.05, 0.1) is 23.3 Å². The predicted octanol–water partition coefficient (Wildman–Crippen LogP) is 3.41. The summed E-state index contributed by atoms with van der Waals surface area (Å²) in [5.41, 5.74) is -0.800. The Balaban J connectivity index is 1.84. The van der Waals surface area contributed by atoms with E-state index in [1.807, 2.05) is 0 Å². The zero-order chi connectivity index (χ0) is 20.5. The van der Waals surface area contributed by atoms with Crippen molar-refractivity contribution in [3.8, 4) is 5.75 Å². The van der Waals surface area contributed by atoms with Crippen molar-refractivity contribution >= 4 is 21.6 Å². The Morgan fingerprint density at radius 1 is 1.11 bits per heavy atom. The Kier molecular flexibility index (Phi) is 5.35. The van der Waals surface area contributed by atoms with Crippen LogP contribution in [0, 0.1) is 0 Å². The number of hydrogen-bond acceptors (Lipinski definition) is 4. The number of halogens is 3. The summed E-state index contributed by atoms with van der Waals surface area (Å²) in [5.74, 6) is -0.484. The molecule has 1 aliphatic carbocycles. The lowest BCUT2D eigenvalue weighted by Gasteiger charge is -2.13. The van der Waals surface area contributed by atoms with E-state index < -0.39 is 27.7 Å². The van der Waals surface area contributed by atoms with E-state index in [9.17, 15) is 26.4 Å². The SMILES string of the molecule is COc1ccc(S(=O)(=O)NC2CC2)cc1NC(=O)c1ccc(C(F)(F)F)cc1. The highest BCUT2D eigenvalue weighted by atomic mass is 32.2. The fourth-order valence-electron chi connectivity index (χ4n) is 2.45. The highest BCUT2D eigenvalue weighted by Crippen LogP contribution is 2.31. The van der Waals surface area contributed by atoms with E-state index in [1.54, 1.807) is 0 Å². The number of amides is 1. The highest BCUT2D eigenvalue weighted by molar-refractivity contribution is 7.89. The van der Waals surface area contributed by atoms with Gasteiger partial charge < -0.3 is 10.1 Å². The van der Waals surface area contributed by atoms with Gasteiger partial charge in [0, 0.05) is 11.6 Å². The van der Waals surface area contributed by atoms with Gasteiger partial charge in [-0.1, -0.05) is 0 Å². The Morgan fingerprint density at radius 2 is 1.75 bits per heavy atom. The van der Waals surface area contributed by atoms with Gasteiger partial charge in [0.1, 0.15) is 5.75 Å². The Labute approximate surface area is 159 Å². The number of hydrogen-bond donors (Lipinski definition) is 2. The number of benzene rings is 2. The fraction of sp³-hybridized carbons (Fsp3) is 0.278. The monoisotopic (exact) mass is 414 g/mol. The largest absolute Gasteiger partial charge is 0.495 e. The number of anilines is 1. The van der Waals surface area contributed by atoms with E-state index in [2.05, 4.69) is 10.0 Å². The quantitative estimate of drug-likeness (QED) is 0.759. The first-order valence-electron chi connectivity index (χ1n) is 8.29. The molecule has 2 aromatic carbocycles. The molecule has 0 heterocycles. The molecule has 1 fully saturated rings. The summed E-state index contributed by atoms with van der Waals surface area (Å²) < 4.78 is 70.3. The second-order valence-corrected chi connectivity index (χ2v) is 8.00. The van der Waals surface area contributed by atoms with Crippen molar-refractivity contribution in [3.63, 3.8) is 0 Å². The zero-order valence-electron chi connectivity index (χ0n) is 14.7. The number of rotatable bonds is 6. The van der Waals surface area contributed by atoms with Gasteiger partial charge in [0.15, 0.2) is 0 Å². The van der Waals surface area contributed by atoms with E-state index in [1.165, 1.54) is 25.3 Å². The van der Waals surface area contributed by atoms with Crippen molar-refractivity contribution in [2.24, 2.45) is 0 Å². The topological polar surface area (TPSA) is 84.5 Å². The number of ether oxygens (including phenoxy) is 1. The third-order valence-electron chi connectivity index (χ3n) is 4.10. The van der Waals surface area contributed by atoms with Crippen molar-refractivity contribution in [1.29, 1.82) is 0 Å². The van der Waals surface area contributed by atoms with Crippen LogP contribution in [0.3, 0.4) is 0 Å². The fourth-order valence-corrected chi connectivity index (χ4v) is 3.78. The standard InChI is InChI=1S/C18H17F3N2O4S/c1-27-16-9-8-14(28(25,26)23-13-6-7-13)10-15(16)22-17(24)11-2-4-12(5-3-11)18(19,20)21/h2-5,8-10,13,23H,6-7H2,1H3,(H,22,24). The molecule has 2 aromatic rings. The second-order valence-electron chi connectivity index (χ2n) is 6.29. The van der Waals surface area contributed by atoms with Crippen molar-refractivity contribution < 1.29 is 31.1 Å². The van der Waals surface area contributed by atoms with Crippen LogP contribution in [0.4, 0.5) is 18.9 Å². The van der Waals surface area contributed by atoms with Crippen LogP contribution >= 0.6 is 0 Å². The van der Waals surface area contributed by atoms with E-state index in [0.717, 1.165) is 37.1 Å². The Morgan fingerprint density at radius 3 is 2.29 bits per heavy atom. The summed E-state index contributed by atoms with van der Waals surface area (Å²) in [6, 6.07) is 7.57. The lowest BCUT2D eigenvalue weighted by Crippen LogP contribution is -2.26. The van der Waals surface area contributed by atoms with Gasteiger partial charge in [-0.15, -0.1) is 0 Å². The van der Waals surface area contributed by atoms with Crippen LogP contribution in [-0.4, -0.2) is 27.5 Å². The van der Waals surface area contributed by atoms with Gasteiger partial charge in [-0.25, -0.2) is 13.1 Å². The molecule has 0 aromatic heterocycles. The normalized spacial score (nSPS) is 14.6. The predicted molar refractivity (Wildman–Crippen MR) is 95.7 cm³/mol. The number of sulfonamides is 1. The molecule has 150 valence electrons. The number of nitrogens with one attached hydrogen (secondary N) is 2. The number of alkyl halides is 3.